The Morgan fingerprint density at radius 2 is 2.21 bits per heavy atom. The Hall–Kier alpha value is -1.06. The van der Waals surface area contributed by atoms with Gasteiger partial charge in [-0.25, -0.2) is 0 Å². The molecule has 3 N–H and O–H groups in total. The van der Waals surface area contributed by atoms with Crippen LogP contribution in [0.5, 0.6) is 5.75 Å². The van der Waals surface area contributed by atoms with E-state index in [0.717, 1.165) is 16.9 Å². The van der Waals surface area contributed by atoms with Crippen LogP contribution in [-0.4, -0.2) is 18.8 Å². The van der Waals surface area contributed by atoms with Crippen LogP contribution in [-0.2, 0) is 0 Å². The van der Waals surface area contributed by atoms with Gasteiger partial charge in [0.25, 0.3) is 0 Å². The van der Waals surface area contributed by atoms with Gasteiger partial charge in [0, 0.05) is 5.56 Å². The van der Waals surface area contributed by atoms with Crippen molar-refractivity contribution in [3.63, 3.8) is 0 Å². The quantitative estimate of drug-likeness (QED) is 0.763. The fourth-order valence-corrected chi connectivity index (χ4v) is 1.56. The zero-order valence-electron chi connectivity index (χ0n) is 8.66. The molecule has 0 aliphatic carbocycles. The van der Waals surface area contributed by atoms with E-state index in [-0.39, 0.29) is 0 Å². The normalized spacial score (nSPS) is 12.6. The van der Waals surface area contributed by atoms with E-state index < -0.39 is 6.10 Å². The average molecular weight is 195 g/mol. The number of aliphatic hydroxyl groups is 1. The molecule has 0 radical (unpaired) electrons. The highest BCUT2D eigenvalue weighted by Gasteiger charge is 2.14. The summed E-state index contributed by atoms with van der Waals surface area (Å²) in [6, 6.07) is 5.71. The lowest BCUT2D eigenvalue weighted by molar-refractivity contribution is 0.165. The van der Waals surface area contributed by atoms with Crippen LogP contribution in [0, 0.1) is 6.92 Å². The predicted molar refractivity (Wildman–Crippen MR) is 56.4 cm³/mol. The Balaban J connectivity index is 3.03. The van der Waals surface area contributed by atoms with Crippen molar-refractivity contribution in [2.45, 2.75) is 19.4 Å². The fraction of sp³-hybridized carbons (Fsp3) is 0.455. The van der Waals surface area contributed by atoms with Gasteiger partial charge in [-0.3, -0.25) is 0 Å². The third-order valence-electron chi connectivity index (χ3n) is 2.28. The van der Waals surface area contributed by atoms with Crippen molar-refractivity contribution in [2.24, 2.45) is 5.73 Å². The van der Waals surface area contributed by atoms with E-state index >= 15 is 0 Å². The maximum atomic E-state index is 9.85. The van der Waals surface area contributed by atoms with Gasteiger partial charge in [-0.2, -0.15) is 0 Å². The molecule has 3 nitrogen and oxygen atoms in total. The molecule has 78 valence electrons. The minimum atomic E-state index is -0.531. The Kier molecular flexibility index (Phi) is 3.92. The van der Waals surface area contributed by atoms with Gasteiger partial charge in [-0.05, 0) is 31.5 Å². The van der Waals surface area contributed by atoms with Crippen LogP contribution in [0.4, 0.5) is 0 Å². The molecule has 0 aliphatic heterocycles. The lowest BCUT2D eigenvalue weighted by Crippen LogP contribution is -2.09. The molecule has 0 aliphatic rings. The molecule has 1 rings (SSSR count). The van der Waals surface area contributed by atoms with Crippen LogP contribution in [0.1, 0.15) is 23.7 Å². The maximum Gasteiger partial charge on any atom is 0.124 e. The summed E-state index contributed by atoms with van der Waals surface area (Å²) in [5.74, 6) is 0.728. The summed E-state index contributed by atoms with van der Waals surface area (Å²) in [6.07, 6.45) is 0.0254. The molecule has 0 saturated carbocycles. The Labute approximate surface area is 84.5 Å². The first-order valence-electron chi connectivity index (χ1n) is 4.72. The summed E-state index contributed by atoms with van der Waals surface area (Å²) in [7, 11) is 1.60. The van der Waals surface area contributed by atoms with Crippen molar-refractivity contribution >= 4 is 0 Å². The van der Waals surface area contributed by atoms with Crippen LogP contribution >= 0.6 is 0 Å². The molecule has 0 aromatic heterocycles. The van der Waals surface area contributed by atoms with E-state index in [9.17, 15) is 5.11 Å². The summed E-state index contributed by atoms with van der Waals surface area (Å²) in [5, 5.41) is 9.85. The molecule has 3 heteroatoms. The summed E-state index contributed by atoms with van der Waals surface area (Å²) >= 11 is 0. The number of rotatable bonds is 4. The molecular formula is C11H17NO2. The molecule has 14 heavy (non-hydrogen) atoms. The molecule has 0 unspecified atom stereocenters. The van der Waals surface area contributed by atoms with Gasteiger partial charge in [0.05, 0.1) is 13.2 Å². The van der Waals surface area contributed by atoms with Crippen molar-refractivity contribution < 1.29 is 9.84 Å². The Morgan fingerprint density at radius 3 is 2.79 bits per heavy atom. The summed E-state index contributed by atoms with van der Waals surface area (Å²) in [5.41, 5.74) is 7.29. The van der Waals surface area contributed by atoms with Gasteiger partial charge in [0.15, 0.2) is 0 Å². The van der Waals surface area contributed by atoms with Crippen molar-refractivity contribution in [3.8, 4) is 5.75 Å². The third kappa shape index (κ3) is 2.25. The molecule has 1 aromatic rings. The van der Waals surface area contributed by atoms with E-state index in [4.69, 9.17) is 10.5 Å². The monoisotopic (exact) mass is 195 g/mol. The van der Waals surface area contributed by atoms with Crippen LogP contribution in [0.25, 0.3) is 0 Å². The molecule has 0 amide bonds. The smallest absolute Gasteiger partial charge is 0.124 e. The van der Waals surface area contributed by atoms with Crippen molar-refractivity contribution in [3.05, 3.63) is 29.3 Å². The predicted octanol–water partition coefficient (Wildman–Crippen LogP) is 1.39. The van der Waals surface area contributed by atoms with Crippen LogP contribution < -0.4 is 10.5 Å². The minimum Gasteiger partial charge on any atom is -0.496 e. The molecule has 0 heterocycles. The van der Waals surface area contributed by atoms with Gasteiger partial charge >= 0.3 is 0 Å². The van der Waals surface area contributed by atoms with E-state index in [1.807, 2.05) is 25.1 Å². The highest BCUT2D eigenvalue weighted by molar-refractivity contribution is 5.41. The van der Waals surface area contributed by atoms with E-state index in [1.54, 1.807) is 7.11 Å². The van der Waals surface area contributed by atoms with Crippen LogP contribution in [0.15, 0.2) is 18.2 Å². The zero-order valence-corrected chi connectivity index (χ0v) is 8.66. The Bertz CT molecular complexity index is 299. The highest BCUT2D eigenvalue weighted by Crippen LogP contribution is 2.29. The summed E-state index contributed by atoms with van der Waals surface area (Å²) < 4.78 is 5.19. The van der Waals surface area contributed by atoms with Gasteiger partial charge in [-0.1, -0.05) is 12.1 Å². The fourth-order valence-electron chi connectivity index (χ4n) is 1.56. The van der Waals surface area contributed by atoms with Gasteiger partial charge in [0.2, 0.25) is 0 Å². The third-order valence-corrected chi connectivity index (χ3v) is 2.28. The minimum absolute atomic E-state index is 0.471. The second-order valence-electron chi connectivity index (χ2n) is 3.28. The lowest BCUT2D eigenvalue weighted by Gasteiger charge is -2.16. The molecule has 0 fully saturated rings. The number of aryl methyl sites for hydroxylation is 1. The van der Waals surface area contributed by atoms with Crippen molar-refractivity contribution in [1.29, 1.82) is 0 Å². The maximum absolute atomic E-state index is 9.85. The molecule has 0 bridgehead atoms. The van der Waals surface area contributed by atoms with E-state index in [2.05, 4.69) is 0 Å². The molecule has 0 saturated heterocycles. The van der Waals surface area contributed by atoms with Crippen molar-refractivity contribution in [2.75, 3.05) is 13.7 Å². The number of ether oxygens (including phenoxy) is 1. The number of methoxy groups -OCH3 is 1. The van der Waals surface area contributed by atoms with Gasteiger partial charge in [0.1, 0.15) is 5.75 Å². The summed E-state index contributed by atoms with van der Waals surface area (Å²) in [4.78, 5) is 0. The summed E-state index contributed by atoms with van der Waals surface area (Å²) in [6.45, 7) is 2.43. The van der Waals surface area contributed by atoms with E-state index in [0.29, 0.717) is 13.0 Å². The topological polar surface area (TPSA) is 55.5 Å². The number of nitrogens with two attached hydrogens (primary N) is 1. The second kappa shape index (κ2) is 4.98. The standard InChI is InChI=1S/C11H17NO2/c1-8-4-3-5-10(14-2)11(8)9(13)6-7-12/h3-5,9,13H,6-7,12H2,1-2H3/t9-/m1/s1. The molecular weight excluding hydrogens is 178 g/mol. The first kappa shape index (κ1) is 11.0. The number of hydrogen-bond donors (Lipinski definition) is 2. The SMILES string of the molecule is COc1cccc(C)c1[C@H](O)CCN. The van der Waals surface area contributed by atoms with Crippen LogP contribution in [0.2, 0.25) is 0 Å². The zero-order chi connectivity index (χ0) is 10.6. The molecule has 0 spiro atoms. The molecule has 1 atom stereocenters. The van der Waals surface area contributed by atoms with Gasteiger partial charge < -0.3 is 15.6 Å². The lowest BCUT2D eigenvalue weighted by atomic mass is 10.00. The Morgan fingerprint density at radius 1 is 1.50 bits per heavy atom. The van der Waals surface area contributed by atoms with Crippen molar-refractivity contribution in [1.82, 2.24) is 0 Å². The number of hydrogen-bond acceptors (Lipinski definition) is 3. The highest BCUT2D eigenvalue weighted by atomic mass is 16.5. The first-order chi connectivity index (χ1) is 6.70. The van der Waals surface area contributed by atoms with Crippen LogP contribution in [0.3, 0.4) is 0 Å². The van der Waals surface area contributed by atoms with Gasteiger partial charge in [-0.15, -0.1) is 0 Å². The number of aliphatic hydroxyl groups excluding tert-OH is 1. The first-order valence-corrected chi connectivity index (χ1v) is 4.72. The molecule has 1 aromatic carbocycles. The second-order valence-corrected chi connectivity index (χ2v) is 3.28. The largest absolute Gasteiger partial charge is 0.496 e. The van der Waals surface area contributed by atoms with E-state index in [1.165, 1.54) is 0 Å². The number of benzene rings is 1. The average Bonchev–Trinajstić information content (AvgIpc) is 2.17.